The summed E-state index contributed by atoms with van der Waals surface area (Å²) in [7, 11) is 0. The van der Waals surface area contributed by atoms with E-state index in [1.807, 2.05) is 0 Å². The Hall–Kier alpha value is -4.24. The van der Waals surface area contributed by atoms with E-state index in [-0.39, 0.29) is 35.2 Å². The van der Waals surface area contributed by atoms with Crippen LogP contribution in [0.15, 0.2) is 36.7 Å². The van der Waals surface area contributed by atoms with Crippen molar-refractivity contribution < 1.29 is 45.1 Å². The third-order valence-electron chi connectivity index (χ3n) is 5.35. The topological polar surface area (TPSA) is 111 Å². The summed E-state index contributed by atoms with van der Waals surface area (Å²) < 4.78 is 95.6. The van der Waals surface area contributed by atoms with Gasteiger partial charge >= 0.3 is 12.5 Å². The molecule has 3 heterocycles. The van der Waals surface area contributed by atoms with Gasteiger partial charge in [-0.3, -0.25) is 9.59 Å². The van der Waals surface area contributed by atoms with Gasteiger partial charge in [0.2, 0.25) is 17.6 Å². The van der Waals surface area contributed by atoms with Gasteiger partial charge in [0.1, 0.15) is 17.3 Å². The Morgan fingerprint density at radius 3 is 2.35 bits per heavy atom. The van der Waals surface area contributed by atoms with Crippen LogP contribution >= 0.6 is 0 Å². The van der Waals surface area contributed by atoms with Crippen molar-refractivity contribution in [2.45, 2.75) is 19.5 Å². The van der Waals surface area contributed by atoms with Crippen molar-refractivity contribution in [3.8, 4) is 22.7 Å². The Labute approximate surface area is 202 Å². The van der Waals surface area contributed by atoms with Crippen molar-refractivity contribution in [1.82, 2.24) is 25.1 Å². The molecule has 0 radical (unpaired) electrons. The number of nitrogens with zero attached hydrogens (tertiary/aromatic N) is 4. The number of alkyl halides is 6. The maximum absolute atomic E-state index is 14.2. The van der Waals surface area contributed by atoms with E-state index < -0.39 is 47.7 Å². The van der Waals surface area contributed by atoms with Crippen molar-refractivity contribution in [1.29, 1.82) is 0 Å². The molecule has 16 heteroatoms. The highest BCUT2D eigenvalue weighted by Gasteiger charge is 2.37. The minimum atomic E-state index is -5.13. The van der Waals surface area contributed by atoms with E-state index >= 15 is 0 Å². The van der Waals surface area contributed by atoms with Gasteiger partial charge in [-0.25, -0.2) is 19.0 Å². The number of halogens is 7. The zero-order valence-electron chi connectivity index (χ0n) is 18.5. The first-order valence-corrected chi connectivity index (χ1v) is 10.4. The number of amides is 2. The van der Waals surface area contributed by atoms with Gasteiger partial charge in [-0.1, -0.05) is 6.92 Å². The summed E-state index contributed by atoms with van der Waals surface area (Å²) in [5, 5.41) is 9.04. The second kappa shape index (κ2) is 9.33. The van der Waals surface area contributed by atoms with Crippen LogP contribution in [-0.2, 0) is 15.8 Å². The van der Waals surface area contributed by atoms with Gasteiger partial charge in [-0.05, 0) is 12.1 Å². The number of carbonyl (C=O) groups excluding carboxylic acids is 2. The molecule has 1 unspecified atom stereocenters. The van der Waals surface area contributed by atoms with Gasteiger partial charge in [0.25, 0.3) is 0 Å². The molecule has 1 fully saturated rings. The van der Waals surface area contributed by atoms with E-state index in [0.717, 1.165) is 35.3 Å². The fraction of sp³-hybridized carbons (Fsp3) is 0.286. The third-order valence-corrected chi connectivity index (χ3v) is 5.35. The highest BCUT2D eigenvalue weighted by atomic mass is 19.4. The normalized spacial score (nSPS) is 18.0. The molecule has 37 heavy (non-hydrogen) atoms. The van der Waals surface area contributed by atoms with Gasteiger partial charge in [0, 0.05) is 30.2 Å². The van der Waals surface area contributed by atoms with Crippen molar-refractivity contribution in [2.24, 2.45) is 11.8 Å². The van der Waals surface area contributed by atoms with Crippen LogP contribution < -0.4 is 15.4 Å². The van der Waals surface area contributed by atoms with E-state index in [1.165, 1.54) is 6.92 Å². The highest BCUT2D eigenvalue weighted by Crippen LogP contribution is 2.33. The molecule has 1 aromatic carbocycles. The fourth-order valence-corrected chi connectivity index (χ4v) is 3.59. The SMILES string of the molecule is CC1C(=O)NC[C@@H]1C(=O)Nc1cc(-c2cc(F)cc(OC(F)(F)F)c2)n(-c2cnc(C(F)(F)F)nc2)n1. The number of nitrogens with one attached hydrogen (secondary N) is 2. The second-order valence-corrected chi connectivity index (χ2v) is 7.94. The van der Waals surface area contributed by atoms with Gasteiger partial charge in [0.05, 0.1) is 24.0 Å². The lowest BCUT2D eigenvalue weighted by Crippen LogP contribution is -2.28. The molecule has 4 rings (SSSR count). The molecule has 196 valence electrons. The first-order valence-electron chi connectivity index (χ1n) is 10.4. The van der Waals surface area contributed by atoms with Crippen LogP contribution in [0.3, 0.4) is 0 Å². The number of ether oxygens (including phenoxy) is 1. The molecular formula is C21H15F7N6O3. The van der Waals surface area contributed by atoms with Crippen molar-refractivity contribution in [2.75, 3.05) is 11.9 Å². The van der Waals surface area contributed by atoms with Crippen LogP contribution in [0.1, 0.15) is 12.7 Å². The summed E-state index contributed by atoms with van der Waals surface area (Å²) in [6.45, 7) is 1.58. The van der Waals surface area contributed by atoms with E-state index in [1.54, 1.807) is 0 Å². The largest absolute Gasteiger partial charge is 0.573 e. The molecule has 3 aromatic rings. The number of hydrogen-bond donors (Lipinski definition) is 2. The average Bonchev–Trinajstić information content (AvgIpc) is 3.35. The predicted molar refractivity (Wildman–Crippen MR) is 111 cm³/mol. The maximum Gasteiger partial charge on any atom is 0.573 e. The molecule has 0 aliphatic carbocycles. The summed E-state index contributed by atoms with van der Waals surface area (Å²) >= 11 is 0. The quantitative estimate of drug-likeness (QED) is 0.485. The number of rotatable bonds is 5. The first kappa shape index (κ1) is 25.8. The fourth-order valence-electron chi connectivity index (χ4n) is 3.59. The zero-order chi connectivity index (χ0) is 27.1. The molecule has 0 spiro atoms. The lowest BCUT2D eigenvalue weighted by Gasteiger charge is -2.12. The third kappa shape index (κ3) is 5.78. The number of anilines is 1. The molecule has 2 atom stereocenters. The van der Waals surface area contributed by atoms with E-state index in [0.29, 0.717) is 6.07 Å². The summed E-state index contributed by atoms with van der Waals surface area (Å²) in [4.78, 5) is 30.8. The van der Waals surface area contributed by atoms with Crippen LogP contribution in [0.25, 0.3) is 16.9 Å². The predicted octanol–water partition coefficient (Wildman–Crippen LogP) is 3.71. The van der Waals surface area contributed by atoms with Gasteiger partial charge in [0.15, 0.2) is 5.82 Å². The Morgan fingerprint density at radius 1 is 1.11 bits per heavy atom. The van der Waals surface area contributed by atoms with Crippen LogP contribution in [0.4, 0.5) is 36.6 Å². The molecule has 2 aromatic heterocycles. The van der Waals surface area contributed by atoms with Crippen molar-refractivity contribution in [3.63, 3.8) is 0 Å². The Kier molecular flexibility index (Phi) is 6.51. The summed E-state index contributed by atoms with van der Waals surface area (Å²) in [5.41, 5.74) is -0.547. The minimum absolute atomic E-state index is 0.0498. The lowest BCUT2D eigenvalue weighted by atomic mass is 9.97. The van der Waals surface area contributed by atoms with E-state index in [9.17, 15) is 40.3 Å². The second-order valence-electron chi connectivity index (χ2n) is 7.94. The van der Waals surface area contributed by atoms with Crippen LogP contribution in [0, 0.1) is 17.7 Å². The highest BCUT2D eigenvalue weighted by molar-refractivity contribution is 5.98. The Morgan fingerprint density at radius 2 is 1.78 bits per heavy atom. The van der Waals surface area contributed by atoms with Gasteiger partial charge in [-0.2, -0.15) is 13.2 Å². The molecule has 1 aliphatic rings. The number of benzene rings is 1. The molecular weight excluding hydrogens is 517 g/mol. The lowest BCUT2D eigenvalue weighted by molar-refractivity contribution is -0.274. The molecule has 1 saturated heterocycles. The Bertz CT molecular complexity index is 1340. The standard InChI is InChI=1S/C21H15F7N6O3/c1-9-14(8-29-17(9)35)18(36)32-16-5-15(10-2-11(22)4-13(3-10)37-21(26,27)28)34(33-16)12-6-30-19(31-7-12)20(23,24)25/h2-7,9,14H,8H2,1H3,(H,29,35)(H,32,33,36)/t9?,14-/m0/s1. The zero-order valence-corrected chi connectivity index (χ0v) is 18.5. The number of carbonyl (C=O) groups is 2. The Balaban J connectivity index is 1.76. The van der Waals surface area contributed by atoms with Gasteiger partial charge in [-0.15, -0.1) is 18.3 Å². The van der Waals surface area contributed by atoms with E-state index in [4.69, 9.17) is 0 Å². The minimum Gasteiger partial charge on any atom is -0.406 e. The van der Waals surface area contributed by atoms with Crippen LogP contribution in [-0.4, -0.2) is 44.5 Å². The summed E-state index contributed by atoms with van der Waals surface area (Å²) in [6.07, 6.45) is -8.49. The monoisotopic (exact) mass is 532 g/mol. The summed E-state index contributed by atoms with van der Waals surface area (Å²) in [6, 6.07) is 3.28. The molecule has 9 nitrogen and oxygen atoms in total. The van der Waals surface area contributed by atoms with Crippen molar-refractivity contribution >= 4 is 17.6 Å². The first-order chi connectivity index (χ1) is 17.2. The number of aromatic nitrogens is 4. The van der Waals surface area contributed by atoms with Crippen LogP contribution in [0.2, 0.25) is 0 Å². The number of hydrogen-bond acceptors (Lipinski definition) is 6. The molecule has 2 N–H and O–H groups in total. The van der Waals surface area contributed by atoms with Crippen LogP contribution in [0.5, 0.6) is 5.75 Å². The molecule has 2 amide bonds. The smallest absolute Gasteiger partial charge is 0.406 e. The molecule has 0 bridgehead atoms. The van der Waals surface area contributed by atoms with Crippen molar-refractivity contribution in [3.05, 3.63) is 48.3 Å². The molecule has 0 saturated carbocycles. The summed E-state index contributed by atoms with van der Waals surface area (Å²) in [5.74, 6) is -6.06. The molecule has 1 aliphatic heterocycles. The maximum atomic E-state index is 14.2. The average molecular weight is 532 g/mol. The van der Waals surface area contributed by atoms with E-state index in [2.05, 4.69) is 30.4 Å². The van der Waals surface area contributed by atoms with Gasteiger partial charge < -0.3 is 15.4 Å².